The van der Waals surface area contributed by atoms with Gasteiger partial charge in [-0.25, -0.2) is 0 Å². The number of amides is 1. The molecule has 3 aromatic rings. The predicted molar refractivity (Wildman–Crippen MR) is 142 cm³/mol. The number of aliphatic hydroxyl groups is 1. The molecule has 0 aliphatic carbocycles. The van der Waals surface area contributed by atoms with Crippen LogP contribution in [0.1, 0.15) is 46.5 Å². The van der Waals surface area contributed by atoms with E-state index in [1.807, 2.05) is 38.1 Å². The van der Waals surface area contributed by atoms with Crippen LogP contribution >= 0.6 is 0 Å². The number of hydrogen-bond donors (Lipinski definition) is 2. The highest BCUT2D eigenvalue weighted by molar-refractivity contribution is 5.93. The Labute approximate surface area is 214 Å². The van der Waals surface area contributed by atoms with Crippen molar-refractivity contribution < 1.29 is 24.3 Å². The molecule has 0 radical (unpaired) electrons. The number of aryl methyl sites for hydroxylation is 2. The van der Waals surface area contributed by atoms with E-state index in [2.05, 4.69) is 43.4 Å². The molecule has 0 heterocycles. The molecule has 0 bridgehead atoms. The van der Waals surface area contributed by atoms with E-state index in [9.17, 15) is 14.7 Å². The molecule has 0 saturated carbocycles. The van der Waals surface area contributed by atoms with Crippen LogP contribution in [-0.4, -0.2) is 47.7 Å². The lowest BCUT2D eigenvalue weighted by Crippen LogP contribution is -2.51. The Kier molecular flexibility index (Phi) is 11.3. The van der Waals surface area contributed by atoms with E-state index in [0.717, 1.165) is 40.9 Å². The van der Waals surface area contributed by atoms with E-state index in [0.29, 0.717) is 18.5 Å². The van der Waals surface area contributed by atoms with Crippen LogP contribution < -0.4 is 10.4 Å². The van der Waals surface area contributed by atoms with Gasteiger partial charge in [0, 0.05) is 23.4 Å². The van der Waals surface area contributed by atoms with Gasteiger partial charge in [-0.1, -0.05) is 72.8 Å². The summed E-state index contributed by atoms with van der Waals surface area (Å²) in [6.45, 7) is 11.6. The molecule has 0 saturated heterocycles. The van der Waals surface area contributed by atoms with Crippen molar-refractivity contribution in [3.63, 3.8) is 0 Å². The second kappa shape index (κ2) is 14.2. The third-order valence-electron chi connectivity index (χ3n) is 6.55. The fourth-order valence-electron chi connectivity index (χ4n) is 4.25. The van der Waals surface area contributed by atoms with Crippen molar-refractivity contribution in [3.05, 3.63) is 101 Å². The monoisotopic (exact) mass is 490 g/mol. The second-order valence-corrected chi connectivity index (χ2v) is 9.01. The number of aromatic carboxylic acids is 1. The first-order valence-electron chi connectivity index (χ1n) is 12.4. The smallest absolute Gasteiger partial charge is 0.279 e. The number of carbonyl (C=O) groups excluding carboxylic acids is 2. The van der Waals surface area contributed by atoms with Gasteiger partial charge in [-0.3, -0.25) is 4.79 Å². The van der Waals surface area contributed by atoms with Crippen LogP contribution in [0, 0.1) is 13.8 Å². The van der Waals surface area contributed by atoms with Crippen molar-refractivity contribution in [2.75, 3.05) is 31.6 Å². The number of aliphatic hydroxyl groups excluding tert-OH is 1. The van der Waals surface area contributed by atoms with Gasteiger partial charge in [0.15, 0.2) is 6.54 Å². The van der Waals surface area contributed by atoms with Gasteiger partial charge in [-0.05, 0) is 50.8 Å². The summed E-state index contributed by atoms with van der Waals surface area (Å²) in [6.07, 6.45) is 0.351. The lowest BCUT2D eigenvalue weighted by atomic mass is 10.1. The third kappa shape index (κ3) is 8.33. The zero-order valence-corrected chi connectivity index (χ0v) is 21.8. The first-order chi connectivity index (χ1) is 17.2. The lowest BCUT2D eigenvalue weighted by Gasteiger charge is -2.36. The SMILES string of the molecule is CC[N+](CC)(CC(=O)Nc1c(C)cccc1C)Cc1ccccc1.O=C([O-])c1ccccc1CCO. The highest BCUT2D eigenvalue weighted by Crippen LogP contribution is 2.20. The van der Waals surface area contributed by atoms with Crippen LogP contribution in [0.2, 0.25) is 0 Å². The second-order valence-electron chi connectivity index (χ2n) is 9.01. The molecule has 36 heavy (non-hydrogen) atoms. The van der Waals surface area contributed by atoms with Gasteiger partial charge in [0.05, 0.1) is 19.1 Å². The Morgan fingerprint density at radius 1 is 0.861 bits per heavy atom. The van der Waals surface area contributed by atoms with Gasteiger partial charge in [-0.2, -0.15) is 0 Å². The van der Waals surface area contributed by atoms with Crippen LogP contribution in [0.4, 0.5) is 5.69 Å². The number of nitrogens with one attached hydrogen (secondary N) is 1. The summed E-state index contributed by atoms with van der Waals surface area (Å²) >= 11 is 0. The van der Waals surface area contributed by atoms with Gasteiger partial charge in [-0.15, -0.1) is 0 Å². The normalized spacial score (nSPS) is 10.8. The summed E-state index contributed by atoms with van der Waals surface area (Å²) in [6, 6.07) is 23.0. The van der Waals surface area contributed by atoms with Gasteiger partial charge in [0.2, 0.25) is 0 Å². The molecule has 0 spiro atoms. The van der Waals surface area contributed by atoms with E-state index in [-0.39, 0.29) is 18.1 Å². The summed E-state index contributed by atoms with van der Waals surface area (Å²) in [5, 5.41) is 22.3. The minimum atomic E-state index is -1.20. The molecule has 6 nitrogen and oxygen atoms in total. The molecule has 192 valence electrons. The number of carbonyl (C=O) groups is 2. The first kappa shape index (κ1) is 28.8. The number of quaternary nitrogens is 1. The van der Waals surface area contributed by atoms with Crippen molar-refractivity contribution in [3.8, 4) is 0 Å². The van der Waals surface area contributed by atoms with Crippen molar-refractivity contribution in [1.82, 2.24) is 0 Å². The number of nitrogens with zero attached hydrogens (tertiary/aromatic N) is 1. The van der Waals surface area contributed by atoms with Gasteiger partial charge < -0.3 is 24.8 Å². The average Bonchev–Trinajstić information content (AvgIpc) is 2.87. The Hall–Kier alpha value is -3.48. The van der Waals surface area contributed by atoms with Crippen molar-refractivity contribution in [1.29, 1.82) is 0 Å². The highest BCUT2D eigenvalue weighted by atomic mass is 16.4. The first-order valence-corrected chi connectivity index (χ1v) is 12.4. The topological polar surface area (TPSA) is 89.5 Å². The molecule has 3 aromatic carbocycles. The highest BCUT2D eigenvalue weighted by Gasteiger charge is 2.27. The molecule has 1 amide bonds. The molecule has 0 aliphatic rings. The van der Waals surface area contributed by atoms with Crippen molar-refractivity contribution in [2.45, 2.75) is 40.7 Å². The lowest BCUT2D eigenvalue weighted by molar-refractivity contribution is -0.930. The number of hydrogen-bond acceptors (Lipinski definition) is 4. The zero-order chi connectivity index (χ0) is 26.6. The van der Waals surface area contributed by atoms with E-state index < -0.39 is 5.97 Å². The van der Waals surface area contributed by atoms with E-state index in [1.54, 1.807) is 18.2 Å². The van der Waals surface area contributed by atoms with Crippen LogP contribution in [0.15, 0.2) is 72.8 Å². The number of carboxylic acid groups (broad SMARTS) is 1. The molecule has 3 rings (SSSR count). The molecular formula is C30H38N2O4. The molecular weight excluding hydrogens is 452 g/mol. The fourth-order valence-corrected chi connectivity index (χ4v) is 4.25. The van der Waals surface area contributed by atoms with Crippen molar-refractivity contribution in [2.24, 2.45) is 0 Å². The van der Waals surface area contributed by atoms with E-state index >= 15 is 0 Å². The molecule has 6 heteroatoms. The molecule has 0 atom stereocenters. The molecule has 0 aliphatic heterocycles. The third-order valence-corrected chi connectivity index (χ3v) is 6.55. The van der Waals surface area contributed by atoms with E-state index in [4.69, 9.17) is 5.11 Å². The summed E-state index contributed by atoms with van der Waals surface area (Å²) in [7, 11) is 0. The minimum absolute atomic E-state index is 0.0513. The largest absolute Gasteiger partial charge is 0.545 e. The van der Waals surface area contributed by atoms with Crippen LogP contribution in [-0.2, 0) is 17.8 Å². The number of rotatable bonds is 10. The van der Waals surface area contributed by atoms with Crippen LogP contribution in [0.5, 0.6) is 0 Å². The summed E-state index contributed by atoms with van der Waals surface area (Å²) in [4.78, 5) is 23.2. The number of likely N-dealkylation sites (N-methyl/N-ethyl adjacent to an activating group) is 1. The number of para-hydroxylation sites is 1. The molecule has 2 N–H and O–H groups in total. The maximum absolute atomic E-state index is 12.7. The fraction of sp³-hybridized carbons (Fsp3) is 0.333. The van der Waals surface area contributed by atoms with Crippen molar-refractivity contribution >= 4 is 17.6 Å². The Morgan fingerprint density at radius 2 is 1.44 bits per heavy atom. The number of benzene rings is 3. The minimum Gasteiger partial charge on any atom is -0.545 e. The van der Waals surface area contributed by atoms with Crippen LogP contribution in [0.25, 0.3) is 0 Å². The summed E-state index contributed by atoms with van der Waals surface area (Å²) in [5.74, 6) is -1.11. The quantitative estimate of drug-likeness (QED) is 0.422. The predicted octanol–water partition coefficient (Wildman–Crippen LogP) is 3.88. The summed E-state index contributed by atoms with van der Waals surface area (Å²) in [5.41, 5.74) is 5.22. The maximum Gasteiger partial charge on any atom is 0.279 e. The Bertz CT molecular complexity index is 1100. The molecule has 0 aromatic heterocycles. The Morgan fingerprint density at radius 3 is 2.00 bits per heavy atom. The maximum atomic E-state index is 12.7. The van der Waals surface area contributed by atoms with E-state index in [1.165, 1.54) is 11.6 Å². The van der Waals surface area contributed by atoms with Crippen LogP contribution in [0.3, 0.4) is 0 Å². The average molecular weight is 491 g/mol. The standard InChI is InChI=1S/C21H28N2O.C9H10O3/c1-5-23(6-2,15-19-13-8-7-9-14-19)16-20(24)22-21-17(3)11-10-12-18(21)4;10-6-5-7-3-1-2-4-8(7)9(11)12/h7-14H,5-6,15-16H2,1-4H3;1-4,10H,5-6H2,(H,11,12). The summed E-state index contributed by atoms with van der Waals surface area (Å²) < 4.78 is 0.765. The number of carboxylic acids is 1. The zero-order valence-electron chi connectivity index (χ0n) is 21.8. The van der Waals surface area contributed by atoms with Gasteiger partial charge in [0.25, 0.3) is 5.91 Å². The van der Waals surface area contributed by atoms with Gasteiger partial charge in [0.1, 0.15) is 6.54 Å². The molecule has 0 unspecified atom stereocenters. The Balaban J connectivity index is 0.000000319. The number of anilines is 1. The van der Waals surface area contributed by atoms with Gasteiger partial charge >= 0.3 is 0 Å². The molecule has 0 fully saturated rings.